The van der Waals surface area contributed by atoms with Gasteiger partial charge in [0, 0.05) is 12.0 Å². The molecule has 0 spiro atoms. The van der Waals surface area contributed by atoms with Crippen molar-refractivity contribution >= 4 is 5.78 Å². The van der Waals surface area contributed by atoms with Gasteiger partial charge in [0.15, 0.2) is 5.78 Å². The Balaban J connectivity index is 2.77. The van der Waals surface area contributed by atoms with E-state index in [2.05, 4.69) is 4.74 Å². The summed E-state index contributed by atoms with van der Waals surface area (Å²) in [6.07, 6.45) is 0.401. The molecule has 0 atom stereocenters. The first kappa shape index (κ1) is 12.6. The molecule has 0 aliphatic rings. The summed E-state index contributed by atoms with van der Waals surface area (Å²) >= 11 is 0. The lowest BCUT2D eigenvalue weighted by atomic mass is 10.0. The molecule has 0 saturated carbocycles. The molecular formula is C12H14F2O2. The number of carbonyl (C=O) groups is 1. The molecule has 0 unspecified atom stereocenters. The number of hydrogen-bond donors (Lipinski definition) is 0. The summed E-state index contributed by atoms with van der Waals surface area (Å²) in [5, 5.41) is 0. The number of halogens is 2. The lowest BCUT2D eigenvalue weighted by Gasteiger charge is -2.07. The first-order chi connectivity index (χ1) is 7.49. The Hall–Kier alpha value is -1.45. The van der Waals surface area contributed by atoms with Gasteiger partial charge in [-0.15, -0.1) is 0 Å². The van der Waals surface area contributed by atoms with Gasteiger partial charge in [0.2, 0.25) is 0 Å². The van der Waals surface area contributed by atoms with Crippen LogP contribution < -0.4 is 4.74 Å². The van der Waals surface area contributed by atoms with Crippen LogP contribution in [0.3, 0.4) is 0 Å². The Morgan fingerprint density at radius 2 is 2.06 bits per heavy atom. The highest BCUT2D eigenvalue weighted by atomic mass is 19.3. The van der Waals surface area contributed by atoms with Crippen LogP contribution in [0, 0.1) is 5.92 Å². The van der Waals surface area contributed by atoms with Gasteiger partial charge < -0.3 is 4.74 Å². The Kier molecular flexibility index (Phi) is 4.40. The maximum Gasteiger partial charge on any atom is 0.387 e. The average molecular weight is 228 g/mol. The largest absolute Gasteiger partial charge is 0.435 e. The van der Waals surface area contributed by atoms with Gasteiger partial charge in [-0.3, -0.25) is 4.79 Å². The van der Waals surface area contributed by atoms with Crippen molar-refractivity contribution in [1.29, 1.82) is 0 Å². The smallest absolute Gasteiger partial charge is 0.387 e. The third-order valence-electron chi connectivity index (χ3n) is 1.97. The average Bonchev–Trinajstić information content (AvgIpc) is 2.16. The predicted octanol–water partition coefficient (Wildman–Crippen LogP) is 3.52. The lowest BCUT2D eigenvalue weighted by molar-refractivity contribution is -0.0498. The van der Waals surface area contributed by atoms with Gasteiger partial charge in [0.25, 0.3) is 0 Å². The zero-order valence-electron chi connectivity index (χ0n) is 9.24. The summed E-state index contributed by atoms with van der Waals surface area (Å²) in [5.41, 5.74) is 0.409. The number of benzene rings is 1. The monoisotopic (exact) mass is 228 g/mol. The molecular weight excluding hydrogens is 214 g/mol. The van der Waals surface area contributed by atoms with Crippen LogP contribution in [-0.2, 0) is 0 Å². The van der Waals surface area contributed by atoms with E-state index in [1.807, 2.05) is 13.8 Å². The van der Waals surface area contributed by atoms with Crippen molar-refractivity contribution in [2.45, 2.75) is 26.9 Å². The molecule has 0 aliphatic heterocycles. The molecule has 0 aromatic heterocycles. The maximum absolute atomic E-state index is 12.0. The van der Waals surface area contributed by atoms with Gasteiger partial charge in [0.1, 0.15) is 5.75 Å². The van der Waals surface area contributed by atoms with Gasteiger partial charge in [-0.05, 0) is 18.1 Å². The van der Waals surface area contributed by atoms with Gasteiger partial charge in [-0.25, -0.2) is 0 Å². The van der Waals surface area contributed by atoms with Crippen molar-refractivity contribution in [3.63, 3.8) is 0 Å². The standard InChI is InChI=1S/C12H14F2O2/c1-8(2)6-11(15)9-4-3-5-10(7-9)16-12(13)14/h3-5,7-8,12H,6H2,1-2H3. The van der Waals surface area contributed by atoms with Crippen LogP contribution in [0.2, 0.25) is 0 Å². The molecule has 1 aromatic carbocycles. The van der Waals surface area contributed by atoms with E-state index in [-0.39, 0.29) is 17.5 Å². The Morgan fingerprint density at radius 1 is 1.38 bits per heavy atom. The highest BCUT2D eigenvalue weighted by molar-refractivity contribution is 5.96. The fraction of sp³-hybridized carbons (Fsp3) is 0.417. The van der Waals surface area contributed by atoms with Crippen LogP contribution in [0.5, 0.6) is 5.75 Å². The van der Waals surface area contributed by atoms with Gasteiger partial charge >= 0.3 is 6.61 Å². The van der Waals surface area contributed by atoms with E-state index in [0.29, 0.717) is 12.0 Å². The Bertz CT molecular complexity index is 362. The molecule has 0 fully saturated rings. The van der Waals surface area contributed by atoms with Crippen LogP contribution in [-0.4, -0.2) is 12.4 Å². The van der Waals surface area contributed by atoms with Crippen LogP contribution in [0.15, 0.2) is 24.3 Å². The first-order valence-electron chi connectivity index (χ1n) is 5.07. The van der Waals surface area contributed by atoms with Crippen LogP contribution in [0.4, 0.5) is 8.78 Å². The lowest BCUT2D eigenvalue weighted by Crippen LogP contribution is -2.05. The number of carbonyl (C=O) groups excluding carboxylic acids is 1. The summed E-state index contributed by atoms with van der Waals surface area (Å²) < 4.78 is 28.1. The van der Waals surface area contributed by atoms with E-state index in [0.717, 1.165) is 0 Å². The molecule has 0 amide bonds. The highest BCUT2D eigenvalue weighted by Crippen LogP contribution is 2.18. The van der Waals surface area contributed by atoms with Crippen molar-refractivity contribution in [2.24, 2.45) is 5.92 Å². The minimum atomic E-state index is -2.87. The second-order valence-electron chi connectivity index (χ2n) is 3.93. The molecule has 4 heteroatoms. The summed E-state index contributed by atoms with van der Waals surface area (Å²) in [7, 11) is 0. The number of ketones is 1. The van der Waals surface area contributed by atoms with Gasteiger partial charge in [-0.2, -0.15) is 8.78 Å². The molecule has 0 saturated heterocycles. The zero-order valence-corrected chi connectivity index (χ0v) is 9.24. The first-order valence-corrected chi connectivity index (χ1v) is 5.07. The fourth-order valence-electron chi connectivity index (χ4n) is 1.33. The summed E-state index contributed by atoms with van der Waals surface area (Å²) in [4.78, 5) is 11.7. The summed E-state index contributed by atoms with van der Waals surface area (Å²) in [6.45, 7) is 0.991. The van der Waals surface area contributed by atoms with E-state index in [9.17, 15) is 13.6 Å². The minimum Gasteiger partial charge on any atom is -0.435 e. The van der Waals surface area contributed by atoms with Crippen LogP contribution in [0.1, 0.15) is 30.6 Å². The molecule has 88 valence electrons. The van der Waals surface area contributed by atoms with Crippen molar-refractivity contribution in [3.8, 4) is 5.75 Å². The molecule has 0 aliphatic carbocycles. The third-order valence-corrected chi connectivity index (χ3v) is 1.97. The summed E-state index contributed by atoms with van der Waals surface area (Å²) in [5.74, 6) is 0.200. The quantitative estimate of drug-likeness (QED) is 0.721. The van der Waals surface area contributed by atoms with Crippen molar-refractivity contribution in [3.05, 3.63) is 29.8 Å². The Morgan fingerprint density at radius 3 is 2.62 bits per heavy atom. The predicted molar refractivity (Wildman–Crippen MR) is 56.9 cm³/mol. The number of rotatable bonds is 5. The topological polar surface area (TPSA) is 26.3 Å². The minimum absolute atomic E-state index is 0.0182. The van der Waals surface area contributed by atoms with Gasteiger partial charge in [-0.1, -0.05) is 26.0 Å². The van der Waals surface area contributed by atoms with E-state index in [1.54, 1.807) is 6.07 Å². The third kappa shape index (κ3) is 3.96. The highest BCUT2D eigenvalue weighted by Gasteiger charge is 2.10. The maximum atomic E-state index is 12.0. The SMILES string of the molecule is CC(C)CC(=O)c1cccc(OC(F)F)c1. The summed E-state index contributed by atoms with van der Waals surface area (Å²) in [6, 6.07) is 5.88. The number of alkyl halides is 2. The molecule has 2 nitrogen and oxygen atoms in total. The molecule has 0 heterocycles. The normalized spacial score (nSPS) is 10.9. The van der Waals surface area contributed by atoms with Crippen molar-refractivity contribution < 1.29 is 18.3 Å². The molecule has 1 rings (SSSR count). The van der Waals surface area contributed by atoms with Crippen LogP contribution in [0.25, 0.3) is 0 Å². The van der Waals surface area contributed by atoms with Crippen molar-refractivity contribution in [1.82, 2.24) is 0 Å². The molecule has 0 bridgehead atoms. The molecule has 0 radical (unpaired) electrons. The number of ether oxygens (including phenoxy) is 1. The van der Waals surface area contributed by atoms with Crippen molar-refractivity contribution in [2.75, 3.05) is 0 Å². The van der Waals surface area contributed by atoms with Gasteiger partial charge in [0.05, 0.1) is 0 Å². The second kappa shape index (κ2) is 5.58. The fourth-order valence-corrected chi connectivity index (χ4v) is 1.33. The number of Topliss-reactive ketones (excluding diaryl/α,β-unsaturated/α-hetero) is 1. The molecule has 16 heavy (non-hydrogen) atoms. The van der Waals surface area contributed by atoms with E-state index >= 15 is 0 Å². The Labute approximate surface area is 93.2 Å². The van der Waals surface area contributed by atoms with E-state index < -0.39 is 6.61 Å². The second-order valence-corrected chi connectivity index (χ2v) is 3.93. The van der Waals surface area contributed by atoms with E-state index in [4.69, 9.17) is 0 Å². The van der Waals surface area contributed by atoms with E-state index in [1.165, 1.54) is 18.2 Å². The molecule has 0 N–H and O–H groups in total. The zero-order chi connectivity index (χ0) is 12.1. The number of hydrogen-bond acceptors (Lipinski definition) is 2. The molecule has 1 aromatic rings. The van der Waals surface area contributed by atoms with Crippen LogP contribution >= 0.6 is 0 Å².